The lowest BCUT2D eigenvalue weighted by Crippen LogP contribution is -2.37. The van der Waals surface area contributed by atoms with Gasteiger partial charge in [0.25, 0.3) is 0 Å². The number of pyridine rings is 1. The number of carbonyl (C=O) groups is 1. The van der Waals surface area contributed by atoms with E-state index in [-0.39, 0.29) is 15.6 Å². The van der Waals surface area contributed by atoms with Crippen LogP contribution in [0, 0.1) is 5.41 Å². The van der Waals surface area contributed by atoms with E-state index in [9.17, 15) is 4.79 Å². The normalized spacial score (nSPS) is 17.1. The number of fused-ring (bicyclic) bond motifs is 1. The van der Waals surface area contributed by atoms with Crippen molar-refractivity contribution in [3.8, 4) is 5.75 Å². The molecule has 1 aliphatic rings. The summed E-state index contributed by atoms with van der Waals surface area (Å²) < 4.78 is 7.06. The smallest absolute Gasteiger partial charge is 0.404 e. The van der Waals surface area contributed by atoms with Crippen LogP contribution >= 0.6 is 23.2 Å². The number of aromatic nitrogens is 5. The average Bonchev–Trinajstić information content (AvgIpc) is 3.46. The van der Waals surface area contributed by atoms with Crippen molar-refractivity contribution in [3.05, 3.63) is 58.5 Å². The Hall–Kier alpha value is -3.83. The van der Waals surface area contributed by atoms with Gasteiger partial charge in [-0.05, 0) is 30.2 Å². The van der Waals surface area contributed by atoms with Crippen molar-refractivity contribution in [3.63, 3.8) is 0 Å². The molecule has 13 heteroatoms. The number of halogens is 2. The maximum atomic E-state index is 11.0. The Balaban J connectivity index is 1.49. The van der Waals surface area contributed by atoms with Crippen LogP contribution in [0.5, 0.6) is 5.75 Å². The summed E-state index contributed by atoms with van der Waals surface area (Å²) >= 11 is 12.5. The first-order valence-electron chi connectivity index (χ1n) is 11.9. The first-order chi connectivity index (χ1) is 18.2. The number of hydrogen-bond acceptors (Lipinski definition) is 8. The van der Waals surface area contributed by atoms with Crippen molar-refractivity contribution in [2.24, 2.45) is 5.41 Å². The zero-order valence-electron chi connectivity index (χ0n) is 20.8. The number of carboxylic acid groups (broad SMARTS) is 1. The van der Waals surface area contributed by atoms with E-state index in [2.05, 4.69) is 27.4 Å². The lowest BCUT2D eigenvalue weighted by molar-refractivity contribution is 0.188. The zero-order chi connectivity index (χ0) is 26.9. The Morgan fingerprint density at radius 1 is 1.21 bits per heavy atom. The standard InChI is InChI=1S/C25H26Cl2N8O3/c1-25(13-30-24(36)37)8-10-34(14-25)18-11-29-20-22(31-17-7-9-28-21(27)19(17)26)33-35(23(20)32-18)12-15-3-5-16(38-2)6-4-15/h3-7,9,11,30H,8,10,12-14H2,1-2H3,(H,36,37)(H,28,31,33). The van der Waals surface area contributed by atoms with Crippen molar-refractivity contribution >= 4 is 57.8 Å². The number of ether oxygens (including phenoxy) is 1. The first-order valence-corrected chi connectivity index (χ1v) is 12.7. The second-order valence-corrected chi connectivity index (χ2v) is 10.2. The second kappa shape index (κ2) is 10.5. The minimum atomic E-state index is -1.02. The van der Waals surface area contributed by atoms with Crippen molar-refractivity contribution in [2.45, 2.75) is 19.9 Å². The topological polar surface area (TPSA) is 130 Å². The summed E-state index contributed by atoms with van der Waals surface area (Å²) in [6.07, 6.45) is 3.07. The van der Waals surface area contributed by atoms with Crippen LogP contribution < -0.4 is 20.3 Å². The highest BCUT2D eigenvalue weighted by molar-refractivity contribution is 6.43. The molecule has 38 heavy (non-hydrogen) atoms. The minimum absolute atomic E-state index is 0.182. The zero-order valence-corrected chi connectivity index (χ0v) is 22.3. The highest BCUT2D eigenvalue weighted by Gasteiger charge is 2.35. The van der Waals surface area contributed by atoms with Gasteiger partial charge < -0.3 is 25.4 Å². The van der Waals surface area contributed by atoms with Gasteiger partial charge in [0.05, 0.1) is 25.5 Å². The number of nitrogens with one attached hydrogen (secondary N) is 2. The molecule has 5 rings (SSSR count). The fourth-order valence-corrected chi connectivity index (χ4v) is 4.80. The van der Waals surface area contributed by atoms with Crippen LogP contribution in [-0.4, -0.2) is 62.7 Å². The number of methoxy groups -OCH3 is 1. The Labute approximate surface area is 228 Å². The van der Waals surface area contributed by atoms with Gasteiger partial charge >= 0.3 is 6.09 Å². The maximum Gasteiger partial charge on any atom is 0.404 e. The van der Waals surface area contributed by atoms with Gasteiger partial charge in [-0.3, -0.25) is 0 Å². The third-order valence-electron chi connectivity index (χ3n) is 6.57. The van der Waals surface area contributed by atoms with Gasteiger partial charge in [-0.1, -0.05) is 42.3 Å². The minimum Gasteiger partial charge on any atom is -0.497 e. The SMILES string of the molecule is COc1ccc(Cn2nc(Nc3ccnc(Cl)c3Cl)c3ncc(N4CCC(C)(CNC(=O)O)C4)nc32)cc1. The molecule has 198 valence electrons. The maximum absolute atomic E-state index is 11.0. The molecule has 1 amide bonds. The van der Waals surface area contributed by atoms with Gasteiger partial charge in [0.15, 0.2) is 17.0 Å². The molecule has 1 unspecified atom stereocenters. The van der Waals surface area contributed by atoms with Gasteiger partial charge in [-0.2, -0.15) is 5.10 Å². The molecule has 1 fully saturated rings. The number of amides is 1. The van der Waals surface area contributed by atoms with Crippen LogP contribution in [0.25, 0.3) is 11.2 Å². The lowest BCUT2D eigenvalue weighted by atomic mass is 9.90. The van der Waals surface area contributed by atoms with Crippen LogP contribution in [0.15, 0.2) is 42.7 Å². The summed E-state index contributed by atoms with van der Waals surface area (Å²) in [5, 5.41) is 20.0. The molecule has 3 aromatic heterocycles. The molecule has 0 radical (unpaired) electrons. The van der Waals surface area contributed by atoms with Crippen molar-refractivity contribution in [1.29, 1.82) is 0 Å². The molecule has 0 aliphatic carbocycles. The summed E-state index contributed by atoms with van der Waals surface area (Å²) in [5.41, 5.74) is 2.51. The van der Waals surface area contributed by atoms with Crippen molar-refractivity contribution in [2.75, 3.05) is 37.0 Å². The number of rotatable bonds is 8. The van der Waals surface area contributed by atoms with E-state index < -0.39 is 6.09 Å². The van der Waals surface area contributed by atoms with Gasteiger partial charge in [0.1, 0.15) is 21.7 Å². The molecule has 0 saturated carbocycles. The summed E-state index contributed by atoms with van der Waals surface area (Å²) in [6, 6.07) is 9.44. The Morgan fingerprint density at radius 2 is 2.00 bits per heavy atom. The highest BCUT2D eigenvalue weighted by atomic mass is 35.5. The molecular weight excluding hydrogens is 531 g/mol. The van der Waals surface area contributed by atoms with E-state index in [1.807, 2.05) is 24.3 Å². The fraction of sp³-hybridized carbons (Fsp3) is 0.320. The molecule has 11 nitrogen and oxygen atoms in total. The van der Waals surface area contributed by atoms with E-state index in [4.69, 9.17) is 48.1 Å². The van der Waals surface area contributed by atoms with E-state index in [0.717, 1.165) is 24.3 Å². The third-order valence-corrected chi connectivity index (χ3v) is 7.34. The van der Waals surface area contributed by atoms with Crippen LogP contribution in [0.3, 0.4) is 0 Å². The molecule has 1 aliphatic heterocycles. The number of nitrogens with zero attached hydrogens (tertiary/aromatic N) is 6. The largest absolute Gasteiger partial charge is 0.497 e. The molecule has 1 atom stereocenters. The fourth-order valence-electron chi connectivity index (χ4n) is 4.48. The van der Waals surface area contributed by atoms with E-state index in [1.54, 1.807) is 30.3 Å². The van der Waals surface area contributed by atoms with Crippen LogP contribution in [0.1, 0.15) is 18.9 Å². The summed E-state index contributed by atoms with van der Waals surface area (Å²) in [5.74, 6) is 1.94. The van der Waals surface area contributed by atoms with Crippen LogP contribution in [0.2, 0.25) is 10.2 Å². The van der Waals surface area contributed by atoms with E-state index in [0.29, 0.717) is 48.1 Å². The molecular formula is C25H26Cl2N8O3. The number of hydrogen-bond donors (Lipinski definition) is 3. The van der Waals surface area contributed by atoms with Crippen LogP contribution in [-0.2, 0) is 6.54 Å². The quantitative estimate of drug-likeness (QED) is 0.261. The third kappa shape index (κ3) is 5.39. The van der Waals surface area contributed by atoms with E-state index in [1.165, 1.54) is 0 Å². The molecule has 1 aromatic carbocycles. The first kappa shape index (κ1) is 25.8. The predicted molar refractivity (Wildman–Crippen MR) is 146 cm³/mol. The lowest BCUT2D eigenvalue weighted by Gasteiger charge is -2.24. The molecule has 4 heterocycles. The van der Waals surface area contributed by atoms with Crippen molar-refractivity contribution in [1.82, 2.24) is 30.0 Å². The Morgan fingerprint density at radius 3 is 2.74 bits per heavy atom. The van der Waals surface area contributed by atoms with Gasteiger partial charge in [0, 0.05) is 31.2 Å². The van der Waals surface area contributed by atoms with Crippen molar-refractivity contribution < 1.29 is 14.6 Å². The van der Waals surface area contributed by atoms with Gasteiger partial charge in [-0.25, -0.2) is 24.4 Å². The number of benzene rings is 1. The van der Waals surface area contributed by atoms with Gasteiger partial charge in [0.2, 0.25) is 0 Å². The Bertz CT molecular complexity index is 1480. The Kier molecular flexibility index (Phi) is 7.13. The average molecular weight is 557 g/mol. The molecule has 0 spiro atoms. The monoisotopic (exact) mass is 556 g/mol. The predicted octanol–water partition coefficient (Wildman–Crippen LogP) is 4.81. The molecule has 1 saturated heterocycles. The summed E-state index contributed by atoms with van der Waals surface area (Å²) in [6.45, 7) is 4.27. The summed E-state index contributed by atoms with van der Waals surface area (Å²) in [7, 11) is 1.63. The van der Waals surface area contributed by atoms with Crippen LogP contribution in [0.4, 0.5) is 22.1 Å². The highest BCUT2D eigenvalue weighted by Crippen LogP contribution is 2.35. The molecule has 0 bridgehead atoms. The summed E-state index contributed by atoms with van der Waals surface area (Å²) in [4.78, 5) is 26.8. The molecule has 4 aromatic rings. The number of anilines is 3. The van der Waals surface area contributed by atoms with Gasteiger partial charge in [-0.15, -0.1) is 0 Å². The second-order valence-electron chi connectivity index (χ2n) is 9.48. The molecule has 3 N–H and O–H groups in total. The van der Waals surface area contributed by atoms with E-state index >= 15 is 0 Å².